The van der Waals surface area contributed by atoms with E-state index in [4.69, 9.17) is 0 Å². The number of nitrogens with zero attached hydrogens (tertiary/aromatic N) is 5. The molecule has 29 heavy (non-hydrogen) atoms. The van der Waals surface area contributed by atoms with Crippen LogP contribution >= 0.6 is 35.5 Å². The topological polar surface area (TPSA) is 56.7 Å². The van der Waals surface area contributed by atoms with E-state index in [1.807, 2.05) is 19.2 Å². The van der Waals surface area contributed by atoms with E-state index in [1.165, 1.54) is 23.7 Å². The minimum atomic E-state index is -0.206. The molecule has 9 heteroatoms. The van der Waals surface area contributed by atoms with Gasteiger partial charge in [0.1, 0.15) is 11.6 Å². The second-order valence-corrected chi connectivity index (χ2v) is 8.34. The Morgan fingerprint density at radius 3 is 2.41 bits per heavy atom. The van der Waals surface area contributed by atoms with Crippen molar-refractivity contribution in [2.45, 2.75) is 32.6 Å². The number of aromatic nitrogens is 2. The molecule has 0 saturated carbocycles. The van der Waals surface area contributed by atoms with Crippen molar-refractivity contribution in [3.8, 4) is 0 Å². The highest BCUT2D eigenvalue weighted by Gasteiger charge is 2.25. The molecule has 1 aromatic carbocycles. The summed E-state index contributed by atoms with van der Waals surface area (Å²) in [6.45, 7) is 10.7. The van der Waals surface area contributed by atoms with Gasteiger partial charge in [-0.05, 0) is 17.7 Å². The van der Waals surface area contributed by atoms with Gasteiger partial charge < -0.3 is 15.1 Å². The van der Waals surface area contributed by atoms with Crippen LogP contribution in [0.5, 0.6) is 0 Å². The molecule has 2 aromatic rings. The summed E-state index contributed by atoms with van der Waals surface area (Å²) in [6, 6.07) is 6.74. The first-order valence-electron chi connectivity index (χ1n) is 9.72. The molecule has 1 aliphatic rings. The first-order valence-corrected chi connectivity index (χ1v) is 10.5. The van der Waals surface area contributed by atoms with Crippen LogP contribution in [-0.2, 0) is 11.8 Å². The number of benzene rings is 1. The van der Waals surface area contributed by atoms with Crippen molar-refractivity contribution in [3.63, 3.8) is 0 Å². The van der Waals surface area contributed by atoms with Gasteiger partial charge in [0.2, 0.25) is 5.13 Å². The number of guanidine groups is 1. The molecule has 2 heterocycles. The summed E-state index contributed by atoms with van der Waals surface area (Å²) in [7, 11) is 1.82. The van der Waals surface area contributed by atoms with E-state index in [2.05, 4.69) is 50.2 Å². The molecule has 160 valence electrons. The number of hydrogen-bond donors (Lipinski definition) is 1. The average Bonchev–Trinajstić information content (AvgIpc) is 3.18. The predicted octanol–water partition coefficient (Wildman–Crippen LogP) is 3.53. The van der Waals surface area contributed by atoms with Crippen LogP contribution in [0.15, 0.2) is 29.3 Å². The summed E-state index contributed by atoms with van der Waals surface area (Å²) in [5.74, 6) is 1.62. The zero-order chi connectivity index (χ0) is 20.1. The highest BCUT2D eigenvalue weighted by atomic mass is 127. The largest absolute Gasteiger partial charge is 0.355 e. The highest BCUT2D eigenvalue weighted by Crippen LogP contribution is 2.23. The predicted molar refractivity (Wildman–Crippen MR) is 129 cm³/mol. The van der Waals surface area contributed by atoms with E-state index < -0.39 is 0 Å². The van der Waals surface area contributed by atoms with Crippen LogP contribution in [-0.4, -0.2) is 60.0 Å². The summed E-state index contributed by atoms with van der Waals surface area (Å²) in [4.78, 5) is 13.6. The number of nitrogens with one attached hydrogen (secondary N) is 1. The van der Waals surface area contributed by atoms with E-state index in [1.54, 1.807) is 0 Å². The molecule has 1 aromatic heterocycles. The van der Waals surface area contributed by atoms with Crippen LogP contribution in [0.1, 0.15) is 32.2 Å². The number of hydrogen-bond acceptors (Lipinski definition) is 5. The lowest BCUT2D eigenvalue weighted by molar-refractivity contribution is 0.366. The average molecular weight is 532 g/mol. The van der Waals surface area contributed by atoms with Gasteiger partial charge in [-0.15, -0.1) is 24.0 Å². The summed E-state index contributed by atoms with van der Waals surface area (Å²) in [5.41, 5.74) is 0.971. The lowest BCUT2D eigenvalue weighted by Gasteiger charge is -2.37. The number of halogens is 2. The zero-order valence-electron chi connectivity index (χ0n) is 17.5. The minimum Gasteiger partial charge on any atom is -0.355 e. The SMILES string of the molecule is CCc1nsc(N2CCN(C(=NC)NCC(C)(C)c3ccc(F)cc3)CC2)n1.I. The van der Waals surface area contributed by atoms with Gasteiger partial charge in [0.25, 0.3) is 0 Å². The fraction of sp³-hybridized carbons (Fsp3) is 0.550. The Hall–Kier alpha value is -1.49. The normalized spacial score (nSPS) is 15.3. The van der Waals surface area contributed by atoms with Gasteiger partial charge in [-0.3, -0.25) is 4.99 Å². The molecule has 0 radical (unpaired) electrons. The van der Waals surface area contributed by atoms with Gasteiger partial charge in [0, 0.05) is 63.1 Å². The molecule has 0 atom stereocenters. The van der Waals surface area contributed by atoms with E-state index in [0.717, 1.165) is 61.6 Å². The zero-order valence-corrected chi connectivity index (χ0v) is 20.6. The monoisotopic (exact) mass is 532 g/mol. The Labute approximate surface area is 193 Å². The molecule has 6 nitrogen and oxygen atoms in total. The summed E-state index contributed by atoms with van der Waals surface area (Å²) < 4.78 is 17.6. The smallest absolute Gasteiger partial charge is 0.205 e. The van der Waals surface area contributed by atoms with E-state index in [9.17, 15) is 4.39 Å². The second kappa shape index (κ2) is 10.5. The summed E-state index contributed by atoms with van der Waals surface area (Å²) in [6.07, 6.45) is 0.872. The van der Waals surface area contributed by atoms with Crippen LogP contribution in [0.4, 0.5) is 9.52 Å². The number of piperazine rings is 1. The van der Waals surface area contributed by atoms with Crippen molar-refractivity contribution in [1.29, 1.82) is 0 Å². The van der Waals surface area contributed by atoms with Crippen LogP contribution in [0, 0.1) is 5.82 Å². The number of aryl methyl sites for hydroxylation is 1. The number of aliphatic imine (C=N–C) groups is 1. The van der Waals surface area contributed by atoms with Gasteiger partial charge in [0.05, 0.1) is 0 Å². The van der Waals surface area contributed by atoms with Gasteiger partial charge in [0.15, 0.2) is 5.96 Å². The molecule has 0 bridgehead atoms. The standard InChI is InChI=1S/C20H29FN6S.HI/c1-5-17-24-19(28-25-17)27-12-10-26(11-13-27)18(22-4)23-14-20(2,3)15-6-8-16(21)9-7-15;/h6-9H,5,10-14H2,1-4H3,(H,22,23);1H. The van der Waals surface area contributed by atoms with Crippen molar-refractivity contribution in [2.75, 3.05) is 44.7 Å². The third kappa shape index (κ3) is 6.00. The molecular weight excluding hydrogens is 502 g/mol. The van der Waals surface area contributed by atoms with Crippen LogP contribution in [0.25, 0.3) is 0 Å². The Kier molecular flexibility index (Phi) is 8.62. The van der Waals surface area contributed by atoms with Crippen molar-refractivity contribution in [3.05, 3.63) is 41.5 Å². The number of rotatable bonds is 5. The first kappa shape index (κ1) is 23.8. The van der Waals surface area contributed by atoms with Crippen molar-refractivity contribution < 1.29 is 4.39 Å². The molecule has 1 fully saturated rings. The van der Waals surface area contributed by atoms with Crippen molar-refractivity contribution in [1.82, 2.24) is 19.6 Å². The Morgan fingerprint density at radius 1 is 1.21 bits per heavy atom. The fourth-order valence-corrected chi connectivity index (χ4v) is 4.06. The number of anilines is 1. The minimum absolute atomic E-state index is 0. The maximum Gasteiger partial charge on any atom is 0.205 e. The molecule has 0 unspecified atom stereocenters. The van der Waals surface area contributed by atoms with Crippen LogP contribution in [0.3, 0.4) is 0 Å². The maximum atomic E-state index is 13.2. The van der Waals surface area contributed by atoms with E-state index in [0.29, 0.717) is 0 Å². The molecule has 3 rings (SSSR count). The fourth-order valence-electron chi connectivity index (χ4n) is 3.26. The Balaban J connectivity index is 0.00000300. The first-order chi connectivity index (χ1) is 13.4. The molecule has 0 amide bonds. The third-order valence-corrected chi connectivity index (χ3v) is 5.96. The molecule has 0 aliphatic carbocycles. The van der Waals surface area contributed by atoms with Gasteiger partial charge in [-0.2, -0.15) is 4.37 Å². The molecule has 1 saturated heterocycles. The van der Waals surface area contributed by atoms with Gasteiger partial charge >= 0.3 is 0 Å². The van der Waals surface area contributed by atoms with E-state index in [-0.39, 0.29) is 35.2 Å². The Morgan fingerprint density at radius 2 is 1.86 bits per heavy atom. The summed E-state index contributed by atoms with van der Waals surface area (Å²) in [5, 5.41) is 4.51. The van der Waals surface area contributed by atoms with Crippen LogP contribution in [0.2, 0.25) is 0 Å². The highest BCUT2D eigenvalue weighted by molar-refractivity contribution is 14.0. The summed E-state index contributed by atoms with van der Waals surface area (Å²) >= 11 is 1.48. The van der Waals surface area contributed by atoms with Crippen molar-refractivity contribution >= 4 is 46.6 Å². The third-order valence-electron chi connectivity index (χ3n) is 5.15. The van der Waals surface area contributed by atoms with Crippen molar-refractivity contribution in [2.24, 2.45) is 4.99 Å². The lowest BCUT2D eigenvalue weighted by Crippen LogP contribution is -2.54. The molecule has 0 spiro atoms. The van der Waals surface area contributed by atoms with Gasteiger partial charge in [-0.25, -0.2) is 9.37 Å². The van der Waals surface area contributed by atoms with Crippen LogP contribution < -0.4 is 10.2 Å². The van der Waals surface area contributed by atoms with Gasteiger partial charge in [-0.1, -0.05) is 32.9 Å². The molecule has 1 N–H and O–H groups in total. The maximum absolute atomic E-state index is 13.2. The second-order valence-electron chi connectivity index (χ2n) is 7.61. The quantitative estimate of drug-likeness (QED) is 0.363. The molecule has 1 aliphatic heterocycles. The lowest BCUT2D eigenvalue weighted by atomic mass is 9.84. The van der Waals surface area contributed by atoms with E-state index >= 15 is 0 Å². The molecular formula is C20H30FIN6S. The Bertz CT molecular complexity index is 800.